The van der Waals surface area contributed by atoms with E-state index in [2.05, 4.69) is 4.98 Å². The van der Waals surface area contributed by atoms with Crippen LogP contribution in [0.3, 0.4) is 0 Å². The number of hydrogen-bond acceptors (Lipinski definition) is 5. The van der Waals surface area contributed by atoms with Crippen molar-refractivity contribution in [1.82, 2.24) is 4.98 Å². The van der Waals surface area contributed by atoms with Crippen LogP contribution in [0.2, 0.25) is 0 Å². The maximum Gasteiger partial charge on any atom is 0.490 e. The van der Waals surface area contributed by atoms with Gasteiger partial charge in [-0.15, -0.1) is 11.3 Å². The standard InChI is InChI=1S/C9H8N2O2S2.C2HF3O2/c10-15(12,13)8-4-2-1-3-7(8)9-11-5-6-14-9;3-2(4,5)1(6)7/h1-6H,(H2,10,12,13);(H,6,7). The third-order valence-corrected chi connectivity index (χ3v) is 3.87. The molecular weight excluding hydrogens is 345 g/mol. The zero-order valence-electron chi connectivity index (χ0n) is 10.6. The molecule has 0 bridgehead atoms. The lowest BCUT2D eigenvalue weighted by atomic mass is 10.2. The second-order valence-corrected chi connectivity index (χ2v) is 6.11. The summed E-state index contributed by atoms with van der Waals surface area (Å²) in [6.07, 6.45) is -3.46. The van der Waals surface area contributed by atoms with Crippen molar-refractivity contribution in [2.75, 3.05) is 0 Å². The normalized spacial score (nSPS) is 11.5. The lowest BCUT2D eigenvalue weighted by molar-refractivity contribution is -0.192. The Kier molecular flexibility index (Phi) is 5.63. The fourth-order valence-corrected chi connectivity index (χ4v) is 2.73. The number of aromatic nitrogens is 1. The Balaban J connectivity index is 0.000000295. The number of carboxylic acid groups (broad SMARTS) is 1. The molecule has 3 N–H and O–H groups in total. The fraction of sp³-hybridized carbons (Fsp3) is 0.0909. The van der Waals surface area contributed by atoms with E-state index in [-0.39, 0.29) is 4.90 Å². The van der Waals surface area contributed by atoms with Gasteiger partial charge in [0.15, 0.2) is 0 Å². The predicted octanol–water partition coefficient (Wildman–Crippen LogP) is 2.09. The van der Waals surface area contributed by atoms with Crippen molar-refractivity contribution < 1.29 is 31.5 Å². The van der Waals surface area contributed by atoms with Crippen LogP contribution < -0.4 is 5.14 Å². The first-order valence-corrected chi connectivity index (χ1v) is 7.78. The van der Waals surface area contributed by atoms with Gasteiger partial charge in [-0.25, -0.2) is 23.3 Å². The Morgan fingerprint density at radius 1 is 1.27 bits per heavy atom. The van der Waals surface area contributed by atoms with E-state index in [4.69, 9.17) is 15.0 Å². The molecule has 1 heterocycles. The van der Waals surface area contributed by atoms with Gasteiger partial charge in [-0.05, 0) is 6.07 Å². The van der Waals surface area contributed by atoms with Crippen molar-refractivity contribution in [2.24, 2.45) is 5.14 Å². The summed E-state index contributed by atoms with van der Waals surface area (Å²) in [6, 6.07) is 6.56. The second kappa shape index (κ2) is 6.85. The van der Waals surface area contributed by atoms with E-state index in [0.29, 0.717) is 10.6 Å². The summed E-state index contributed by atoms with van der Waals surface area (Å²) in [5.41, 5.74) is 0.551. The van der Waals surface area contributed by atoms with Gasteiger partial charge in [0.05, 0.1) is 4.90 Å². The van der Waals surface area contributed by atoms with Crippen LogP contribution in [0.4, 0.5) is 13.2 Å². The number of nitrogens with two attached hydrogens (primary N) is 1. The van der Waals surface area contributed by atoms with Gasteiger partial charge in [-0.1, -0.05) is 18.2 Å². The molecular formula is C11H9F3N2O4S2. The quantitative estimate of drug-likeness (QED) is 0.858. The maximum atomic E-state index is 11.3. The van der Waals surface area contributed by atoms with Gasteiger partial charge in [0.2, 0.25) is 10.0 Å². The topological polar surface area (TPSA) is 110 Å². The van der Waals surface area contributed by atoms with Gasteiger partial charge in [0.1, 0.15) is 5.01 Å². The molecule has 0 fully saturated rings. The smallest absolute Gasteiger partial charge is 0.475 e. The largest absolute Gasteiger partial charge is 0.490 e. The minimum absolute atomic E-state index is 0.111. The van der Waals surface area contributed by atoms with Gasteiger partial charge in [0, 0.05) is 17.1 Å². The van der Waals surface area contributed by atoms with Crippen LogP contribution in [-0.2, 0) is 14.8 Å². The van der Waals surface area contributed by atoms with Crippen molar-refractivity contribution in [3.8, 4) is 10.6 Å². The number of nitrogens with zero attached hydrogens (tertiary/aromatic N) is 1. The molecule has 11 heteroatoms. The molecule has 0 aliphatic rings. The van der Waals surface area contributed by atoms with E-state index >= 15 is 0 Å². The highest BCUT2D eigenvalue weighted by Gasteiger charge is 2.38. The molecule has 0 saturated carbocycles. The Labute approximate surface area is 127 Å². The summed E-state index contributed by atoms with van der Waals surface area (Å²) in [6.45, 7) is 0. The molecule has 0 spiro atoms. The van der Waals surface area contributed by atoms with Crippen molar-refractivity contribution in [3.63, 3.8) is 0 Å². The number of hydrogen-bond donors (Lipinski definition) is 2. The molecule has 0 aliphatic carbocycles. The highest BCUT2D eigenvalue weighted by atomic mass is 32.2. The summed E-state index contributed by atoms with van der Waals surface area (Å²) in [4.78, 5) is 13.1. The Hall–Kier alpha value is -1.98. The third kappa shape index (κ3) is 5.09. The Bertz CT molecular complexity index is 743. The number of thiazole rings is 1. The molecule has 22 heavy (non-hydrogen) atoms. The van der Waals surface area contributed by atoms with Crippen molar-refractivity contribution in [1.29, 1.82) is 0 Å². The molecule has 0 saturated heterocycles. The van der Waals surface area contributed by atoms with E-state index < -0.39 is 22.2 Å². The predicted molar refractivity (Wildman–Crippen MR) is 72.6 cm³/mol. The fourth-order valence-electron chi connectivity index (χ4n) is 1.25. The number of primary sulfonamides is 1. The van der Waals surface area contributed by atoms with Gasteiger partial charge in [-0.2, -0.15) is 13.2 Å². The van der Waals surface area contributed by atoms with Gasteiger partial charge < -0.3 is 5.11 Å². The lowest BCUT2D eigenvalue weighted by Crippen LogP contribution is -2.21. The van der Waals surface area contributed by atoms with Crippen LogP contribution in [0.1, 0.15) is 0 Å². The highest BCUT2D eigenvalue weighted by Crippen LogP contribution is 2.27. The average molecular weight is 354 g/mol. The number of alkyl halides is 3. The van der Waals surface area contributed by atoms with Gasteiger partial charge >= 0.3 is 12.1 Å². The molecule has 0 unspecified atom stereocenters. The summed E-state index contributed by atoms with van der Waals surface area (Å²) in [7, 11) is -3.69. The molecule has 1 aromatic carbocycles. The third-order valence-electron chi connectivity index (χ3n) is 2.10. The number of rotatable bonds is 2. The average Bonchev–Trinajstić information content (AvgIpc) is 2.91. The minimum atomic E-state index is -5.08. The Morgan fingerprint density at radius 2 is 1.82 bits per heavy atom. The molecule has 6 nitrogen and oxygen atoms in total. The summed E-state index contributed by atoms with van der Waals surface area (Å²) >= 11 is 1.38. The highest BCUT2D eigenvalue weighted by molar-refractivity contribution is 7.89. The molecule has 0 aliphatic heterocycles. The summed E-state index contributed by atoms with van der Waals surface area (Å²) in [5, 5.41) is 14.7. The first kappa shape index (κ1) is 18.1. The number of benzene rings is 1. The number of halogens is 3. The van der Waals surface area contributed by atoms with Crippen LogP contribution in [0.5, 0.6) is 0 Å². The molecule has 0 atom stereocenters. The van der Waals surface area contributed by atoms with Crippen LogP contribution >= 0.6 is 11.3 Å². The van der Waals surface area contributed by atoms with Crippen molar-refractivity contribution in [3.05, 3.63) is 35.8 Å². The molecule has 120 valence electrons. The van der Waals surface area contributed by atoms with E-state index in [1.54, 1.807) is 29.8 Å². The van der Waals surface area contributed by atoms with E-state index in [1.165, 1.54) is 17.4 Å². The van der Waals surface area contributed by atoms with E-state index in [1.807, 2.05) is 0 Å². The van der Waals surface area contributed by atoms with Crippen LogP contribution in [0, 0.1) is 0 Å². The van der Waals surface area contributed by atoms with Gasteiger partial charge in [-0.3, -0.25) is 0 Å². The van der Waals surface area contributed by atoms with Crippen molar-refractivity contribution >= 4 is 27.3 Å². The zero-order chi connectivity index (χ0) is 17.0. The molecule has 2 rings (SSSR count). The first-order chi connectivity index (χ1) is 10.0. The van der Waals surface area contributed by atoms with E-state index in [0.717, 1.165) is 0 Å². The molecule has 1 aromatic heterocycles. The molecule has 2 aromatic rings. The van der Waals surface area contributed by atoms with Crippen LogP contribution in [0.25, 0.3) is 10.6 Å². The first-order valence-electron chi connectivity index (χ1n) is 5.35. The number of aliphatic carboxylic acids is 1. The number of sulfonamides is 1. The maximum absolute atomic E-state index is 11.3. The van der Waals surface area contributed by atoms with E-state index in [9.17, 15) is 21.6 Å². The lowest BCUT2D eigenvalue weighted by Gasteiger charge is -2.03. The SMILES string of the molecule is NS(=O)(=O)c1ccccc1-c1nccs1.O=C(O)C(F)(F)F. The monoisotopic (exact) mass is 354 g/mol. The van der Waals surface area contributed by atoms with Crippen LogP contribution in [-0.4, -0.2) is 30.7 Å². The summed E-state index contributed by atoms with van der Waals surface area (Å²) < 4.78 is 54.3. The Morgan fingerprint density at radius 3 is 2.23 bits per heavy atom. The number of carboxylic acids is 1. The van der Waals surface area contributed by atoms with Crippen LogP contribution in [0.15, 0.2) is 40.7 Å². The molecule has 0 radical (unpaired) electrons. The van der Waals surface area contributed by atoms with Crippen molar-refractivity contribution in [2.45, 2.75) is 11.1 Å². The molecule has 0 amide bonds. The summed E-state index contributed by atoms with van der Waals surface area (Å²) in [5.74, 6) is -2.76. The minimum Gasteiger partial charge on any atom is -0.475 e. The van der Waals surface area contributed by atoms with Gasteiger partial charge in [0.25, 0.3) is 0 Å². The number of carbonyl (C=O) groups is 1. The zero-order valence-corrected chi connectivity index (χ0v) is 12.2. The second-order valence-electron chi connectivity index (χ2n) is 3.68.